The third kappa shape index (κ3) is 1.45. The van der Waals surface area contributed by atoms with Crippen molar-refractivity contribution < 1.29 is 9.47 Å². The second-order valence-electron chi connectivity index (χ2n) is 1.73. The highest BCUT2D eigenvalue weighted by atomic mass is 16.7. The fourth-order valence-electron chi connectivity index (χ4n) is 0.537. The van der Waals surface area contributed by atoms with Gasteiger partial charge in [-0.15, -0.1) is 0 Å². The summed E-state index contributed by atoms with van der Waals surface area (Å²) >= 11 is 0. The van der Waals surface area contributed by atoms with E-state index in [9.17, 15) is 0 Å². The Morgan fingerprint density at radius 1 is 1.29 bits per heavy atom. The van der Waals surface area contributed by atoms with Gasteiger partial charge in [-0.3, -0.25) is 0 Å². The third-order valence-corrected chi connectivity index (χ3v) is 0.874. The summed E-state index contributed by atoms with van der Waals surface area (Å²) in [4.78, 5) is 0. The molecule has 41 valence electrons. The summed E-state index contributed by atoms with van der Waals surface area (Å²) in [6, 6.07) is 0. The molecule has 0 atom stereocenters. The monoisotopic (exact) mass is 101 g/mol. The first-order valence-corrected chi connectivity index (χ1v) is 2.38. The van der Waals surface area contributed by atoms with Crippen LogP contribution in [0.3, 0.4) is 0 Å². The topological polar surface area (TPSA) is 18.5 Å². The normalized spacial score (nSPS) is 25.3. The Hall–Kier alpha value is -0.0800. The van der Waals surface area contributed by atoms with Gasteiger partial charge in [-0.2, -0.15) is 0 Å². The molecule has 1 rings (SSSR count). The molecule has 1 heterocycles. The van der Waals surface area contributed by atoms with Crippen LogP contribution in [-0.2, 0) is 9.47 Å². The van der Waals surface area contributed by atoms with Crippen LogP contribution in [-0.4, -0.2) is 20.0 Å². The molecule has 2 heteroatoms. The van der Waals surface area contributed by atoms with E-state index in [1.54, 1.807) is 0 Å². The van der Waals surface area contributed by atoms with Crippen LogP contribution in [0.4, 0.5) is 0 Å². The molecule has 0 aromatic carbocycles. The summed E-state index contributed by atoms with van der Waals surface area (Å²) in [7, 11) is 0. The van der Waals surface area contributed by atoms with Crippen molar-refractivity contribution in [3.8, 4) is 0 Å². The van der Waals surface area contributed by atoms with Gasteiger partial charge in [0.1, 0.15) is 6.79 Å². The number of ether oxygens (including phenoxy) is 2. The Morgan fingerprint density at radius 3 is 2.14 bits per heavy atom. The fourth-order valence-corrected chi connectivity index (χ4v) is 0.537. The Balaban J connectivity index is 2.12. The zero-order valence-electron chi connectivity index (χ0n) is 4.22. The Bertz CT molecular complexity index is 48.0. The summed E-state index contributed by atoms with van der Waals surface area (Å²) in [6.45, 7) is 5.70. The number of hydrogen-bond donors (Lipinski definition) is 0. The molecule has 0 N–H and O–H groups in total. The second-order valence-corrected chi connectivity index (χ2v) is 1.73. The second kappa shape index (κ2) is 2.28. The molecule has 0 aromatic heterocycles. The average molecular weight is 101 g/mol. The van der Waals surface area contributed by atoms with Crippen molar-refractivity contribution in [3.63, 3.8) is 0 Å². The smallest absolute Gasteiger partial charge is 0.146 e. The molecule has 7 heavy (non-hydrogen) atoms. The molecule has 0 saturated carbocycles. The Morgan fingerprint density at radius 2 is 1.86 bits per heavy atom. The molecule has 0 spiro atoms. The van der Waals surface area contributed by atoms with Crippen LogP contribution < -0.4 is 0 Å². The molecule has 0 aliphatic carbocycles. The SMILES string of the molecule is [CH2]C1COCOC1. The quantitative estimate of drug-likeness (QED) is 0.441. The van der Waals surface area contributed by atoms with Gasteiger partial charge in [0.2, 0.25) is 0 Å². The van der Waals surface area contributed by atoms with Crippen molar-refractivity contribution >= 4 is 0 Å². The highest BCUT2D eigenvalue weighted by Gasteiger charge is 2.06. The van der Waals surface area contributed by atoms with Gasteiger partial charge < -0.3 is 9.47 Å². The van der Waals surface area contributed by atoms with Gasteiger partial charge in [-0.1, -0.05) is 0 Å². The molecular formula is C5H9O2. The average Bonchev–Trinajstić information content (AvgIpc) is 1.69. The minimum atomic E-state index is 0.341. The zero-order valence-corrected chi connectivity index (χ0v) is 4.22. The van der Waals surface area contributed by atoms with E-state index in [1.165, 1.54) is 0 Å². The van der Waals surface area contributed by atoms with E-state index in [0.717, 1.165) is 13.2 Å². The lowest BCUT2D eigenvalue weighted by molar-refractivity contribution is -0.116. The van der Waals surface area contributed by atoms with Crippen LogP contribution >= 0.6 is 0 Å². The van der Waals surface area contributed by atoms with Gasteiger partial charge in [-0.05, 0) is 6.92 Å². The maximum Gasteiger partial charge on any atom is 0.146 e. The molecule has 0 unspecified atom stereocenters. The summed E-state index contributed by atoms with van der Waals surface area (Å²) in [5.41, 5.74) is 0. The van der Waals surface area contributed by atoms with Crippen molar-refractivity contribution in [2.45, 2.75) is 0 Å². The number of rotatable bonds is 0. The molecule has 1 aliphatic rings. The van der Waals surface area contributed by atoms with Gasteiger partial charge in [0.15, 0.2) is 0 Å². The van der Waals surface area contributed by atoms with Gasteiger partial charge in [0.25, 0.3) is 0 Å². The zero-order chi connectivity index (χ0) is 5.11. The lowest BCUT2D eigenvalue weighted by Gasteiger charge is -2.17. The molecular weight excluding hydrogens is 92.1 g/mol. The third-order valence-electron chi connectivity index (χ3n) is 0.874. The molecule has 1 aliphatic heterocycles. The van der Waals surface area contributed by atoms with Crippen molar-refractivity contribution in [1.29, 1.82) is 0 Å². The van der Waals surface area contributed by atoms with Crippen molar-refractivity contribution in [3.05, 3.63) is 6.92 Å². The summed E-state index contributed by atoms with van der Waals surface area (Å²) in [5.74, 6) is 0.341. The van der Waals surface area contributed by atoms with Gasteiger partial charge in [0.05, 0.1) is 13.2 Å². The van der Waals surface area contributed by atoms with Crippen LogP contribution in [0.15, 0.2) is 0 Å². The molecule has 0 amide bonds. The largest absolute Gasteiger partial charge is 0.355 e. The van der Waals surface area contributed by atoms with Crippen molar-refractivity contribution in [1.82, 2.24) is 0 Å². The van der Waals surface area contributed by atoms with Gasteiger partial charge in [0, 0.05) is 5.92 Å². The highest BCUT2D eigenvalue weighted by Crippen LogP contribution is 2.01. The van der Waals surface area contributed by atoms with E-state index in [0.29, 0.717) is 12.7 Å². The summed E-state index contributed by atoms with van der Waals surface area (Å²) in [5, 5.41) is 0. The first kappa shape index (κ1) is 5.06. The van der Waals surface area contributed by atoms with Crippen LogP contribution in [0.2, 0.25) is 0 Å². The predicted molar refractivity (Wildman–Crippen MR) is 25.6 cm³/mol. The summed E-state index contributed by atoms with van der Waals surface area (Å²) in [6.07, 6.45) is 0. The van der Waals surface area contributed by atoms with Crippen molar-refractivity contribution in [2.75, 3.05) is 20.0 Å². The maximum atomic E-state index is 4.90. The summed E-state index contributed by atoms with van der Waals surface area (Å²) < 4.78 is 9.79. The molecule has 2 nitrogen and oxygen atoms in total. The van der Waals surface area contributed by atoms with E-state index < -0.39 is 0 Å². The van der Waals surface area contributed by atoms with Crippen LogP contribution in [0.1, 0.15) is 0 Å². The van der Waals surface area contributed by atoms with Crippen LogP contribution in [0.25, 0.3) is 0 Å². The molecule has 1 fully saturated rings. The van der Waals surface area contributed by atoms with Gasteiger partial charge >= 0.3 is 0 Å². The Kier molecular flexibility index (Phi) is 1.65. The molecule has 0 bridgehead atoms. The van der Waals surface area contributed by atoms with E-state index >= 15 is 0 Å². The first-order chi connectivity index (χ1) is 3.39. The maximum absolute atomic E-state index is 4.90. The van der Waals surface area contributed by atoms with E-state index in [4.69, 9.17) is 9.47 Å². The highest BCUT2D eigenvalue weighted by molar-refractivity contribution is 4.59. The minimum Gasteiger partial charge on any atom is -0.355 e. The Labute approximate surface area is 43.4 Å². The van der Waals surface area contributed by atoms with Gasteiger partial charge in [-0.25, -0.2) is 0 Å². The fraction of sp³-hybridized carbons (Fsp3) is 0.800. The van der Waals surface area contributed by atoms with E-state index in [2.05, 4.69) is 6.92 Å². The lowest BCUT2D eigenvalue weighted by atomic mass is 10.2. The molecule has 1 saturated heterocycles. The standard InChI is InChI=1S/C5H9O2/c1-5-2-6-4-7-3-5/h5H,1-4H2. The lowest BCUT2D eigenvalue weighted by Crippen LogP contribution is -2.21. The first-order valence-electron chi connectivity index (χ1n) is 2.38. The molecule has 0 aromatic rings. The number of hydrogen-bond acceptors (Lipinski definition) is 2. The van der Waals surface area contributed by atoms with Crippen LogP contribution in [0.5, 0.6) is 0 Å². The van der Waals surface area contributed by atoms with E-state index in [1.807, 2.05) is 0 Å². The van der Waals surface area contributed by atoms with Crippen molar-refractivity contribution in [2.24, 2.45) is 5.92 Å². The van der Waals surface area contributed by atoms with E-state index in [-0.39, 0.29) is 0 Å². The molecule has 1 radical (unpaired) electrons. The minimum absolute atomic E-state index is 0.341. The van der Waals surface area contributed by atoms with Crippen LogP contribution in [0, 0.1) is 12.8 Å². The predicted octanol–water partition coefficient (Wildman–Crippen LogP) is 0.441.